The Kier molecular flexibility index (Phi) is 3.26. The molecule has 106 valence electrons. The second-order valence-corrected chi connectivity index (χ2v) is 5.40. The highest BCUT2D eigenvalue weighted by Crippen LogP contribution is 2.27. The highest BCUT2D eigenvalue weighted by molar-refractivity contribution is 5.85. The van der Waals surface area contributed by atoms with E-state index in [1.54, 1.807) is 12.1 Å². The maximum Gasteiger partial charge on any atom is 0.131 e. The summed E-state index contributed by atoms with van der Waals surface area (Å²) in [5.41, 5.74) is 5.44. The minimum atomic E-state index is 0.235. The zero-order valence-corrected chi connectivity index (χ0v) is 12.4. The third kappa shape index (κ3) is 2.55. The summed E-state index contributed by atoms with van der Waals surface area (Å²) in [7, 11) is 0. The van der Waals surface area contributed by atoms with Crippen molar-refractivity contribution in [2.24, 2.45) is 0 Å². The first kappa shape index (κ1) is 13.4. The number of benzene rings is 2. The molecule has 0 atom stereocenters. The Morgan fingerprint density at radius 1 is 0.952 bits per heavy atom. The maximum absolute atomic E-state index is 9.62. The summed E-state index contributed by atoms with van der Waals surface area (Å²) in [6.07, 6.45) is 0. The van der Waals surface area contributed by atoms with E-state index >= 15 is 0 Å². The van der Waals surface area contributed by atoms with Gasteiger partial charge in [-0.3, -0.25) is 0 Å². The summed E-state index contributed by atoms with van der Waals surface area (Å²) >= 11 is 0. The SMILES string of the molecule is Cc1cccc(Nc2cc(C)c3ccc(O)cc3n2)c1C. The number of rotatable bonds is 2. The van der Waals surface area contributed by atoms with Crippen molar-refractivity contribution in [1.29, 1.82) is 0 Å². The van der Waals surface area contributed by atoms with E-state index in [0.717, 1.165) is 28.0 Å². The van der Waals surface area contributed by atoms with Crippen LogP contribution in [0.5, 0.6) is 5.75 Å². The lowest BCUT2D eigenvalue weighted by atomic mass is 10.1. The number of phenols is 1. The first-order chi connectivity index (χ1) is 10.0. The predicted octanol–water partition coefficient (Wildman–Crippen LogP) is 4.61. The highest BCUT2D eigenvalue weighted by atomic mass is 16.3. The molecule has 0 amide bonds. The van der Waals surface area contributed by atoms with Crippen molar-refractivity contribution in [1.82, 2.24) is 4.98 Å². The summed E-state index contributed by atoms with van der Waals surface area (Å²) in [5.74, 6) is 1.03. The van der Waals surface area contributed by atoms with Crippen molar-refractivity contribution in [3.63, 3.8) is 0 Å². The molecule has 0 bridgehead atoms. The van der Waals surface area contributed by atoms with Gasteiger partial charge in [0.25, 0.3) is 0 Å². The van der Waals surface area contributed by atoms with Crippen molar-refractivity contribution in [3.8, 4) is 5.75 Å². The highest BCUT2D eigenvalue weighted by Gasteiger charge is 2.06. The number of fused-ring (bicyclic) bond motifs is 1. The summed E-state index contributed by atoms with van der Waals surface area (Å²) in [4.78, 5) is 4.59. The number of hydrogen-bond donors (Lipinski definition) is 2. The van der Waals surface area contributed by atoms with Gasteiger partial charge in [0.2, 0.25) is 0 Å². The minimum absolute atomic E-state index is 0.235. The monoisotopic (exact) mass is 278 g/mol. The Morgan fingerprint density at radius 3 is 2.57 bits per heavy atom. The smallest absolute Gasteiger partial charge is 0.131 e. The average Bonchev–Trinajstić information content (AvgIpc) is 2.43. The number of nitrogens with one attached hydrogen (secondary N) is 1. The van der Waals surface area contributed by atoms with Gasteiger partial charge < -0.3 is 10.4 Å². The van der Waals surface area contributed by atoms with Crippen molar-refractivity contribution >= 4 is 22.4 Å². The van der Waals surface area contributed by atoms with Gasteiger partial charge in [0.05, 0.1) is 5.52 Å². The molecule has 0 radical (unpaired) electrons. The Hall–Kier alpha value is -2.55. The van der Waals surface area contributed by atoms with E-state index in [2.05, 4.69) is 37.1 Å². The van der Waals surface area contributed by atoms with Crippen LogP contribution in [0, 0.1) is 20.8 Å². The lowest BCUT2D eigenvalue weighted by molar-refractivity contribution is 0.476. The van der Waals surface area contributed by atoms with Gasteiger partial charge in [0.15, 0.2) is 0 Å². The third-order valence-electron chi connectivity index (χ3n) is 3.87. The zero-order chi connectivity index (χ0) is 15.0. The Balaban J connectivity index is 2.07. The fourth-order valence-electron chi connectivity index (χ4n) is 2.48. The van der Waals surface area contributed by atoms with Crippen LogP contribution in [0.15, 0.2) is 42.5 Å². The topological polar surface area (TPSA) is 45.1 Å². The molecule has 0 saturated carbocycles. The van der Waals surface area contributed by atoms with Gasteiger partial charge in [-0.2, -0.15) is 0 Å². The number of hydrogen-bond acceptors (Lipinski definition) is 3. The van der Waals surface area contributed by atoms with E-state index in [4.69, 9.17) is 0 Å². The molecule has 3 nitrogen and oxygen atoms in total. The van der Waals surface area contributed by atoms with Gasteiger partial charge in [-0.1, -0.05) is 12.1 Å². The molecule has 1 heterocycles. The molecule has 0 spiro atoms. The predicted molar refractivity (Wildman–Crippen MR) is 87.3 cm³/mol. The van der Waals surface area contributed by atoms with Gasteiger partial charge in [0, 0.05) is 17.1 Å². The van der Waals surface area contributed by atoms with Crippen molar-refractivity contribution < 1.29 is 5.11 Å². The molecule has 3 rings (SSSR count). The van der Waals surface area contributed by atoms with Gasteiger partial charge in [-0.05, 0) is 61.7 Å². The lowest BCUT2D eigenvalue weighted by Gasteiger charge is -2.12. The quantitative estimate of drug-likeness (QED) is 0.719. The molecule has 0 unspecified atom stereocenters. The number of aromatic nitrogens is 1. The molecular weight excluding hydrogens is 260 g/mol. The first-order valence-electron chi connectivity index (χ1n) is 6.98. The van der Waals surface area contributed by atoms with Crippen LogP contribution in [-0.2, 0) is 0 Å². The van der Waals surface area contributed by atoms with Crippen LogP contribution in [0.2, 0.25) is 0 Å². The van der Waals surface area contributed by atoms with E-state index in [9.17, 15) is 5.11 Å². The largest absolute Gasteiger partial charge is 0.508 e. The van der Waals surface area contributed by atoms with Crippen LogP contribution in [0.3, 0.4) is 0 Å². The van der Waals surface area contributed by atoms with Crippen LogP contribution in [0.4, 0.5) is 11.5 Å². The maximum atomic E-state index is 9.62. The Morgan fingerprint density at radius 2 is 1.76 bits per heavy atom. The van der Waals surface area contributed by atoms with Crippen molar-refractivity contribution in [2.75, 3.05) is 5.32 Å². The van der Waals surface area contributed by atoms with Gasteiger partial charge in [-0.25, -0.2) is 4.98 Å². The lowest BCUT2D eigenvalue weighted by Crippen LogP contribution is -1.98. The van der Waals surface area contributed by atoms with Crippen LogP contribution in [-0.4, -0.2) is 10.1 Å². The Labute approximate surface area is 124 Å². The van der Waals surface area contributed by atoms with E-state index in [-0.39, 0.29) is 5.75 Å². The van der Waals surface area contributed by atoms with Gasteiger partial charge >= 0.3 is 0 Å². The molecule has 0 aliphatic carbocycles. The summed E-state index contributed by atoms with van der Waals surface area (Å²) in [5, 5.41) is 14.0. The molecule has 0 saturated heterocycles. The fourth-order valence-corrected chi connectivity index (χ4v) is 2.48. The number of phenolic OH excluding ortho intramolecular Hbond substituents is 1. The number of aryl methyl sites for hydroxylation is 2. The summed E-state index contributed by atoms with van der Waals surface area (Å²) < 4.78 is 0. The number of aromatic hydroxyl groups is 1. The first-order valence-corrected chi connectivity index (χ1v) is 6.98. The van der Waals surface area contributed by atoms with E-state index in [1.165, 1.54) is 11.1 Å². The number of anilines is 2. The average molecular weight is 278 g/mol. The Bertz CT molecular complexity index is 825. The molecule has 1 aromatic heterocycles. The normalized spacial score (nSPS) is 10.8. The van der Waals surface area contributed by atoms with Crippen molar-refractivity contribution in [2.45, 2.75) is 20.8 Å². The summed E-state index contributed by atoms with van der Waals surface area (Å²) in [6, 6.07) is 13.5. The molecule has 3 aromatic rings. The summed E-state index contributed by atoms with van der Waals surface area (Å²) in [6.45, 7) is 6.24. The molecule has 2 N–H and O–H groups in total. The van der Waals surface area contributed by atoms with E-state index in [1.807, 2.05) is 24.3 Å². The van der Waals surface area contributed by atoms with Gasteiger partial charge in [-0.15, -0.1) is 0 Å². The molecule has 0 fully saturated rings. The molecular formula is C18H18N2O. The zero-order valence-electron chi connectivity index (χ0n) is 12.4. The molecule has 3 heteroatoms. The third-order valence-corrected chi connectivity index (χ3v) is 3.87. The van der Waals surface area contributed by atoms with E-state index in [0.29, 0.717) is 0 Å². The fraction of sp³-hybridized carbons (Fsp3) is 0.167. The van der Waals surface area contributed by atoms with Crippen LogP contribution in [0.1, 0.15) is 16.7 Å². The minimum Gasteiger partial charge on any atom is -0.508 e. The second kappa shape index (κ2) is 5.09. The van der Waals surface area contributed by atoms with Crippen LogP contribution < -0.4 is 5.32 Å². The van der Waals surface area contributed by atoms with E-state index < -0.39 is 0 Å². The molecule has 2 aromatic carbocycles. The second-order valence-electron chi connectivity index (χ2n) is 5.40. The number of nitrogens with zero attached hydrogens (tertiary/aromatic N) is 1. The molecule has 0 aliphatic rings. The van der Waals surface area contributed by atoms with Crippen LogP contribution >= 0.6 is 0 Å². The van der Waals surface area contributed by atoms with Crippen molar-refractivity contribution in [3.05, 3.63) is 59.2 Å². The van der Waals surface area contributed by atoms with Gasteiger partial charge in [0.1, 0.15) is 11.6 Å². The molecule has 21 heavy (non-hydrogen) atoms. The molecule has 0 aliphatic heterocycles. The number of pyridine rings is 1. The van der Waals surface area contributed by atoms with Crippen LogP contribution in [0.25, 0.3) is 10.9 Å². The standard InChI is InChI=1S/C18H18N2O/c1-11-5-4-6-16(13(11)3)19-18-9-12(2)15-8-7-14(21)10-17(15)20-18/h4-10,21H,1-3H3,(H,19,20).